The van der Waals surface area contributed by atoms with Gasteiger partial charge in [-0.15, -0.1) is 0 Å². The second kappa shape index (κ2) is 9.20. The fourth-order valence-electron chi connectivity index (χ4n) is 5.27. The lowest BCUT2D eigenvalue weighted by atomic mass is 9.95. The largest absolute Gasteiger partial charge is 0.354 e. The van der Waals surface area contributed by atoms with Crippen molar-refractivity contribution in [2.75, 3.05) is 32.7 Å². The Morgan fingerprint density at radius 3 is 2.39 bits per heavy atom. The quantitative estimate of drug-likeness (QED) is 0.728. The second-order valence-electron chi connectivity index (χ2n) is 10.0. The minimum atomic E-state index is -3.49. The van der Waals surface area contributed by atoms with Crippen molar-refractivity contribution >= 4 is 15.9 Å². The Labute approximate surface area is 187 Å². The molecular weight excluding hydrogens is 410 g/mol. The van der Waals surface area contributed by atoms with E-state index >= 15 is 0 Å². The number of nitrogens with one attached hydrogen (secondary N) is 1. The Balaban J connectivity index is 1.30. The van der Waals surface area contributed by atoms with E-state index in [-0.39, 0.29) is 17.4 Å². The first-order chi connectivity index (χ1) is 14.8. The van der Waals surface area contributed by atoms with E-state index in [2.05, 4.69) is 24.1 Å². The number of carbonyl (C=O) groups excluding carboxylic acids is 1. The van der Waals surface area contributed by atoms with Crippen LogP contribution in [0.1, 0.15) is 63.5 Å². The first-order valence-electron chi connectivity index (χ1n) is 11.9. The molecule has 31 heavy (non-hydrogen) atoms. The topological polar surface area (TPSA) is 69.7 Å². The summed E-state index contributed by atoms with van der Waals surface area (Å²) in [5.41, 5.74) is 2.40. The molecule has 1 aromatic rings. The number of rotatable bonds is 6. The van der Waals surface area contributed by atoms with Crippen molar-refractivity contribution in [3.8, 4) is 0 Å². The van der Waals surface area contributed by atoms with E-state index in [0.29, 0.717) is 37.4 Å². The predicted molar refractivity (Wildman–Crippen MR) is 122 cm³/mol. The molecular formula is C24H37N3O3S. The van der Waals surface area contributed by atoms with Crippen molar-refractivity contribution in [1.82, 2.24) is 14.5 Å². The monoisotopic (exact) mass is 447 g/mol. The van der Waals surface area contributed by atoms with Gasteiger partial charge < -0.3 is 5.32 Å². The zero-order chi connectivity index (χ0) is 22.1. The normalized spacial score (nSPS) is 21.7. The molecule has 0 unspecified atom stereocenters. The molecule has 2 heterocycles. The van der Waals surface area contributed by atoms with E-state index in [1.54, 1.807) is 10.4 Å². The summed E-state index contributed by atoms with van der Waals surface area (Å²) in [6.07, 6.45) is 8.04. The van der Waals surface area contributed by atoms with Gasteiger partial charge in [-0.25, -0.2) is 8.42 Å². The molecule has 0 radical (unpaired) electrons. The number of likely N-dealkylation sites (tertiary alicyclic amines) is 1. The summed E-state index contributed by atoms with van der Waals surface area (Å²) < 4.78 is 27.8. The van der Waals surface area contributed by atoms with Crippen molar-refractivity contribution in [1.29, 1.82) is 0 Å². The molecule has 0 aromatic heterocycles. The third kappa shape index (κ3) is 4.99. The second-order valence-corrected chi connectivity index (χ2v) is 12.0. The van der Waals surface area contributed by atoms with Crippen LogP contribution in [0.4, 0.5) is 0 Å². The zero-order valence-corrected chi connectivity index (χ0v) is 19.8. The molecule has 0 saturated carbocycles. The molecule has 2 aliphatic heterocycles. The molecule has 6 nitrogen and oxygen atoms in total. The number of sulfonamides is 1. The lowest BCUT2D eigenvalue weighted by Crippen LogP contribution is -2.54. The van der Waals surface area contributed by atoms with Crippen molar-refractivity contribution in [2.45, 2.75) is 75.6 Å². The van der Waals surface area contributed by atoms with Crippen LogP contribution in [-0.4, -0.2) is 61.8 Å². The molecule has 2 saturated heterocycles. The highest BCUT2D eigenvalue weighted by Gasteiger charge is 2.34. The van der Waals surface area contributed by atoms with Gasteiger partial charge in [-0.2, -0.15) is 4.31 Å². The van der Waals surface area contributed by atoms with Crippen LogP contribution >= 0.6 is 0 Å². The summed E-state index contributed by atoms with van der Waals surface area (Å²) in [7, 11) is -3.49. The molecule has 7 heteroatoms. The fourth-order valence-corrected chi connectivity index (χ4v) is 6.80. The molecule has 2 fully saturated rings. The number of piperidine rings is 2. The van der Waals surface area contributed by atoms with Crippen LogP contribution in [-0.2, 0) is 27.7 Å². The highest BCUT2D eigenvalue weighted by atomic mass is 32.2. The van der Waals surface area contributed by atoms with Gasteiger partial charge in [-0.05, 0) is 95.1 Å². The third-order valence-electron chi connectivity index (χ3n) is 7.44. The van der Waals surface area contributed by atoms with Gasteiger partial charge in [-0.1, -0.05) is 12.5 Å². The molecule has 0 atom stereocenters. The van der Waals surface area contributed by atoms with Crippen LogP contribution in [0.25, 0.3) is 0 Å². The Kier molecular flexibility index (Phi) is 6.75. The molecule has 172 valence electrons. The lowest BCUT2D eigenvalue weighted by Gasteiger charge is -2.41. The van der Waals surface area contributed by atoms with Crippen LogP contribution < -0.4 is 5.32 Å². The van der Waals surface area contributed by atoms with Crippen LogP contribution in [0.2, 0.25) is 0 Å². The molecule has 4 rings (SSSR count). The van der Waals surface area contributed by atoms with E-state index in [1.165, 1.54) is 30.4 Å². The minimum absolute atomic E-state index is 0.0479. The fraction of sp³-hybridized carbons (Fsp3) is 0.708. The van der Waals surface area contributed by atoms with E-state index in [4.69, 9.17) is 0 Å². The van der Waals surface area contributed by atoms with E-state index < -0.39 is 10.0 Å². The van der Waals surface area contributed by atoms with Gasteiger partial charge >= 0.3 is 0 Å². The number of hydrogen-bond donors (Lipinski definition) is 1. The number of fused-ring (bicyclic) bond motifs is 1. The summed E-state index contributed by atoms with van der Waals surface area (Å²) in [6.45, 7) is 8.05. The third-order valence-corrected chi connectivity index (χ3v) is 9.33. The summed E-state index contributed by atoms with van der Waals surface area (Å²) >= 11 is 0. The summed E-state index contributed by atoms with van der Waals surface area (Å²) in [5.74, 6) is -0.0386. The molecule has 1 amide bonds. The standard InChI is InChI=1S/C24H37N3O3S/c1-24(2,26-13-4-3-5-14-26)18-25-23(28)20-11-15-27(16-12-20)31(29,30)22-10-9-19-7-6-8-21(19)17-22/h9-10,17,20H,3-8,11-16,18H2,1-2H3,(H,25,28). The van der Waals surface area contributed by atoms with Gasteiger partial charge in [0.25, 0.3) is 0 Å². The first kappa shape index (κ1) is 22.7. The van der Waals surface area contributed by atoms with Crippen molar-refractivity contribution < 1.29 is 13.2 Å². The molecule has 3 aliphatic rings. The van der Waals surface area contributed by atoms with E-state index in [0.717, 1.165) is 32.4 Å². The number of carbonyl (C=O) groups is 1. The molecule has 0 bridgehead atoms. The van der Waals surface area contributed by atoms with Gasteiger partial charge in [0.05, 0.1) is 4.90 Å². The van der Waals surface area contributed by atoms with Crippen LogP contribution in [0.15, 0.2) is 23.1 Å². The Morgan fingerprint density at radius 1 is 1.00 bits per heavy atom. The Bertz CT molecular complexity index is 899. The smallest absolute Gasteiger partial charge is 0.243 e. The molecule has 0 spiro atoms. The van der Waals surface area contributed by atoms with Gasteiger partial charge in [0.2, 0.25) is 15.9 Å². The lowest BCUT2D eigenvalue weighted by molar-refractivity contribution is -0.126. The number of aryl methyl sites for hydroxylation is 2. The Morgan fingerprint density at radius 2 is 1.68 bits per heavy atom. The van der Waals surface area contributed by atoms with Gasteiger partial charge in [0, 0.05) is 31.1 Å². The number of benzene rings is 1. The zero-order valence-electron chi connectivity index (χ0n) is 19.0. The van der Waals surface area contributed by atoms with E-state index in [1.807, 2.05) is 12.1 Å². The molecule has 1 N–H and O–H groups in total. The van der Waals surface area contributed by atoms with Crippen molar-refractivity contribution in [3.05, 3.63) is 29.3 Å². The van der Waals surface area contributed by atoms with Crippen LogP contribution in [0, 0.1) is 5.92 Å². The highest BCUT2D eigenvalue weighted by Crippen LogP contribution is 2.29. The minimum Gasteiger partial charge on any atom is -0.354 e. The predicted octanol–water partition coefficient (Wildman–Crippen LogP) is 2.96. The maximum Gasteiger partial charge on any atom is 0.243 e. The average molecular weight is 448 g/mol. The number of hydrogen-bond acceptors (Lipinski definition) is 4. The van der Waals surface area contributed by atoms with Crippen LogP contribution in [0.3, 0.4) is 0 Å². The van der Waals surface area contributed by atoms with Gasteiger partial charge in [0.15, 0.2) is 0 Å². The maximum atomic E-state index is 13.1. The van der Waals surface area contributed by atoms with E-state index in [9.17, 15) is 13.2 Å². The van der Waals surface area contributed by atoms with Gasteiger partial charge in [0.1, 0.15) is 0 Å². The number of amides is 1. The molecule has 1 aromatic carbocycles. The summed E-state index contributed by atoms with van der Waals surface area (Å²) in [5, 5.41) is 3.15. The Hall–Kier alpha value is -1.44. The highest BCUT2D eigenvalue weighted by molar-refractivity contribution is 7.89. The summed E-state index contributed by atoms with van der Waals surface area (Å²) in [4.78, 5) is 15.7. The van der Waals surface area contributed by atoms with Crippen molar-refractivity contribution in [3.63, 3.8) is 0 Å². The summed E-state index contributed by atoms with van der Waals surface area (Å²) in [6, 6.07) is 5.58. The molecule has 1 aliphatic carbocycles. The first-order valence-corrected chi connectivity index (χ1v) is 13.4. The van der Waals surface area contributed by atoms with Gasteiger partial charge in [-0.3, -0.25) is 9.69 Å². The average Bonchev–Trinajstić information content (AvgIpc) is 3.26. The van der Waals surface area contributed by atoms with Crippen LogP contribution in [0.5, 0.6) is 0 Å². The van der Waals surface area contributed by atoms with Crippen molar-refractivity contribution in [2.24, 2.45) is 5.92 Å². The number of nitrogens with zero attached hydrogens (tertiary/aromatic N) is 2. The maximum absolute atomic E-state index is 13.1. The SMILES string of the molecule is CC(C)(CNC(=O)C1CCN(S(=O)(=O)c2ccc3c(c2)CCC3)CC1)N1CCCCC1.